The van der Waals surface area contributed by atoms with Crippen LogP contribution in [0, 0.1) is 4.91 Å². The Morgan fingerprint density at radius 1 is 1.38 bits per heavy atom. The molecule has 1 heterocycles. The van der Waals surface area contributed by atoms with Crippen molar-refractivity contribution in [1.29, 1.82) is 0 Å². The molecule has 0 saturated heterocycles. The smallest absolute Gasteiger partial charge is 0.332 e. The maximum atomic E-state index is 10.9. The van der Waals surface area contributed by atoms with Crippen molar-refractivity contribution in [2.24, 2.45) is 5.18 Å². The van der Waals surface area contributed by atoms with Crippen molar-refractivity contribution < 1.29 is 4.79 Å². The molecule has 0 aliphatic heterocycles. The lowest BCUT2D eigenvalue weighted by atomic mass is 9.98. The SMILES string of the molecule is O=NC(=O)c1cc2c([nH]1)CCCC2. The number of nitrogens with zero attached hydrogens (tertiary/aromatic N) is 1. The number of rotatable bonds is 1. The Hall–Kier alpha value is -1.45. The number of hydrogen-bond acceptors (Lipinski definition) is 2. The molecule has 0 aromatic carbocycles. The van der Waals surface area contributed by atoms with E-state index in [9.17, 15) is 9.70 Å². The van der Waals surface area contributed by atoms with Gasteiger partial charge in [0.25, 0.3) is 0 Å². The summed E-state index contributed by atoms with van der Waals surface area (Å²) in [7, 11) is 0. The second kappa shape index (κ2) is 3.12. The van der Waals surface area contributed by atoms with E-state index in [0.29, 0.717) is 5.69 Å². The Labute approximate surface area is 75.3 Å². The van der Waals surface area contributed by atoms with Gasteiger partial charge in [-0.1, -0.05) is 0 Å². The number of aryl methyl sites for hydroxylation is 2. The molecule has 1 aromatic rings. The van der Waals surface area contributed by atoms with E-state index in [1.807, 2.05) is 0 Å². The van der Waals surface area contributed by atoms with Gasteiger partial charge in [-0.3, -0.25) is 4.79 Å². The monoisotopic (exact) mass is 178 g/mol. The summed E-state index contributed by atoms with van der Waals surface area (Å²) < 4.78 is 0. The molecule has 1 aliphatic carbocycles. The van der Waals surface area contributed by atoms with E-state index < -0.39 is 5.91 Å². The first-order chi connectivity index (χ1) is 6.31. The van der Waals surface area contributed by atoms with Crippen LogP contribution < -0.4 is 0 Å². The minimum Gasteiger partial charge on any atom is -0.354 e. The molecule has 4 heteroatoms. The predicted molar refractivity (Wildman–Crippen MR) is 47.6 cm³/mol. The Kier molecular flexibility index (Phi) is 1.96. The van der Waals surface area contributed by atoms with Gasteiger partial charge in [0.15, 0.2) is 0 Å². The average molecular weight is 178 g/mol. The van der Waals surface area contributed by atoms with E-state index in [2.05, 4.69) is 10.2 Å². The van der Waals surface area contributed by atoms with Crippen LogP contribution in [0.25, 0.3) is 0 Å². The number of aromatic nitrogens is 1. The molecule has 0 bridgehead atoms. The summed E-state index contributed by atoms with van der Waals surface area (Å²) in [5, 5.41) is 2.38. The highest BCUT2D eigenvalue weighted by molar-refractivity contribution is 5.93. The van der Waals surface area contributed by atoms with Crippen LogP contribution in [-0.2, 0) is 12.8 Å². The second-order valence-electron chi connectivity index (χ2n) is 3.29. The van der Waals surface area contributed by atoms with E-state index in [1.165, 1.54) is 5.56 Å². The van der Waals surface area contributed by atoms with Crippen molar-refractivity contribution >= 4 is 5.91 Å². The van der Waals surface area contributed by atoms with Crippen LogP contribution in [0.2, 0.25) is 0 Å². The standard InChI is InChI=1S/C9H10N2O2/c12-9(11-13)8-5-6-3-1-2-4-7(6)10-8/h5,10H,1-4H2. The molecule has 0 saturated carbocycles. The van der Waals surface area contributed by atoms with Crippen LogP contribution in [0.4, 0.5) is 0 Å². The van der Waals surface area contributed by atoms with Crippen LogP contribution in [-0.4, -0.2) is 10.9 Å². The fourth-order valence-electron chi connectivity index (χ4n) is 1.77. The molecular weight excluding hydrogens is 168 g/mol. The molecule has 68 valence electrons. The number of carbonyl (C=O) groups excluding carboxylic acids is 1. The van der Waals surface area contributed by atoms with Crippen LogP contribution in [0.3, 0.4) is 0 Å². The first-order valence-electron chi connectivity index (χ1n) is 4.39. The highest BCUT2D eigenvalue weighted by atomic mass is 16.3. The van der Waals surface area contributed by atoms with E-state index in [-0.39, 0.29) is 0 Å². The zero-order chi connectivity index (χ0) is 9.26. The highest BCUT2D eigenvalue weighted by Crippen LogP contribution is 2.21. The quantitative estimate of drug-likeness (QED) is 0.666. The number of amides is 1. The molecule has 2 rings (SSSR count). The number of H-pyrrole nitrogens is 1. The number of carbonyl (C=O) groups is 1. The first kappa shape index (κ1) is 8.16. The summed E-state index contributed by atoms with van der Waals surface area (Å²) >= 11 is 0. The maximum absolute atomic E-state index is 10.9. The molecule has 1 aromatic heterocycles. The van der Waals surface area contributed by atoms with Gasteiger partial charge in [-0.25, -0.2) is 0 Å². The van der Waals surface area contributed by atoms with Gasteiger partial charge in [0, 0.05) is 10.9 Å². The largest absolute Gasteiger partial charge is 0.354 e. The predicted octanol–water partition coefficient (Wildman–Crippen LogP) is 1.80. The molecule has 0 unspecified atom stereocenters. The molecule has 1 N–H and O–H groups in total. The fraction of sp³-hybridized carbons (Fsp3) is 0.444. The lowest BCUT2D eigenvalue weighted by Gasteiger charge is -2.08. The van der Waals surface area contributed by atoms with Crippen molar-refractivity contribution in [2.75, 3.05) is 0 Å². The van der Waals surface area contributed by atoms with Crippen LogP contribution >= 0.6 is 0 Å². The molecule has 0 radical (unpaired) electrons. The van der Waals surface area contributed by atoms with Crippen molar-refractivity contribution in [2.45, 2.75) is 25.7 Å². The summed E-state index contributed by atoms with van der Waals surface area (Å²) in [5.74, 6) is -0.700. The van der Waals surface area contributed by atoms with E-state index in [1.54, 1.807) is 6.07 Å². The van der Waals surface area contributed by atoms with Crippen molar-refractivity contribution in [3.63, 3.8) is 0 Å². The molecule has 0 spiro atoms. The minimum atomic E-state index is -0.700. The molecule has 13 heavy (non-hydrogen) atoms. The molecule has 0 atom stereocenters. The van der Waals surface area contributed by atoms with Gasteiger partial charge in [-0.2, -0.15) is 0 Å². The first-order valence-corrected chi connectivity index (χ1v) is 4.39. The summed E-state index contributed by atoms with van der Waals surface area (Å²) in [4.78, 5) is 23.9. The fourth-order valence-corrected chi connectivity index (χ4v) is 1.77. The number of fused-ring (bicyclic) bond motifs is 1. The van der Waals surface area contributed by atoms with Gasteiger partial charge in [-0.15, -0.1) is 4.91 Å². The van der Waals surface area contributed by atoms with E-state index >= 15 is 0 Å². The topological polar surface area (TPSA) is 62.3 Å². The highest BCUT2D eigenvalue weighted by Gasteiger charge is 2.16. The molecule has 4 nitrogen and oxygen atoms in total. The molecular formula is C9H10N2O2. The van der Waals surface area contributed by atoms with Crippen molar-refractivity contribution in [3.05, 3.63) is 27.9 Å². The molecule has 0 fully saturated rings. The Balaban J connectivity index is 2.35. The van der Waals surface area contributed by atoms with Gasteiger partial charge < -0.3 is 4.98 Å². The normalized spacial score (nSPS) is 15.1. The van der Waals surface area contributed by atoms with Gasteiger partial charge in [0.1, 0.15) is 5.69 Å². The van der Waals surface area contributed by atoms with Crippen LogP contribution in [0.15, 0.2) is 11.2 Å². The van der Waals surface area contributed by atoms with Gasteiger partial charge in [0.2, 0.25) is 0 Å². The maximum Gasteiger partial charge on any atom is 0.332 e. The summed E-state index contributed by atoms with van der Waals surface area (Å²) in [6.07, 6.45) is 4.28. The lowest BCUT2D eigenvalue weighted by Crippen LogP contribution is -1.99. The van der Waals surface area contributed by atoms with Gasteiger partial charge in [-0.05, 0) is 37.3 Å². The zero-order valence-corrected chi connectivity index (χ0v) is 7.17. The lowest BCUT2D eigenvalue weighted by molar-refractivity contribution is 0.0996. The number of hydrogen-bond donors (Lipinski definition) is 1. The minimum absolute atomic E-state index is 0.335. The third-order valence-corrected chi connectivity index (χ3v) is 2.43. The number of nitroso groups, excluding NO2 is 1. The molecule has 1 amide bonds. The Bertz CT molecular complexity index is 331. The van der Waals surface area contributed by atoms with Gasteiger partial charge >= 0.3 is 5.91 Å². The second-order valence-corrected chi connectivity index (χ2v) is 3.29. The van der Waals surface area contributed by atoms with Crippen LogP contribution in [0.1, 0.15) is 34.6 Å². The Morgan fingerprint density at radius 2 is 2.15 bits per heavy atom. The third kappa shape index (κ3) is 1.39. The van der Waals surface area contributed by atoms with Gasteiger partial charge in [0.05, 0.1) is 0 Å². The zero-order valence-electron chi connectivity index (χ0n) is 7.17. The Morgan fingerprint density at radius 3 is 2.85 bits per heavy atom. The van der Waals surface area contributed by atoms with Crippen molar-refractivity contribution in [1.82, 2.24) is 4.98 Å². The summed E-state index contributed by atoms with van der Waals surface area (Å²) in [6.45, 7) is 0. The average Bonchev–Trinajstić information content (AvgIpc) is 2.59. The van der Waals surface area contributed by atoms with E-state index in [4.69, 9.17) is 0 Å². The van der Waals surface area contributed by atoms with Crippen LogP contribution in [0.5, 0.6) is 0 Å². The van der Waals surface area contributed by atoms with Crippen molar-refractivity contribution in [3.8, 4) is 0 Å². The van der Waals surface area contributed by atoms with E-state index in [0.717, 1.165) is 31.4 Å². The number of nitrogens with one attached hydrogen (secondary N) is 1. The third-order valence-electron chi connectivity index (χ3n) is 2.43. The number of aromatic amines is 1. The summed E-state index contributed by atoms with van der Waals surface area (Å²) in [6, 6.07) is 1.75. The molecule has 1 aliphatic rings. The summed E-state index contributed by atoms with van der Waals surface area (Å²) in [5.41, 5.74) is 2.60.